The van der Waals surface area contributed by atoms with Crippen LogP contribution in [0.15, 0.2) is 83.4 Å². The van der Waals surface area contributed by atoms with Crippen molar-refractivity contribution in [1.29, 1.82) is 0 Å². The summed E-state index contributed by atoms with van der Waals surface area (Å²) >= 11 is 0. The average molecular weight is 361 g/mol. The summed E-state index contributed by atoms with van der Waals surface area (Å²) in [5.41, 5.74) is 9.17. The minimum Gasteiger partial charge on any atom is -0.455 e. The number of hydrogen-bond acceptors (Lipinski definition) is 2. The molecular formula is C26H19NO. The predicted molar refractivity (Wildman–Crippen MR) is 115 cm³/mol. The number of rotatable bonds is 1. The molecule has 28 heavy (non-hydrogen) atoms. The molecule has 3 aromatic carbocycles. The van der Waals surface area contributed by atoms with Gasteiger partial charge in [0.1, 0.15) is 11.2 Å². The maximum absolute atomic E-state index is 6.42. The van der Waals surface area contributed by atoms with Gasteiger partial charge >= 0.3 is 0 Å². The molecule has 0 saturated carbocycles. The molecule has 0 bridgehead atoms. The summed E-state index contributed by atoms with van der Waals surface area (Å²) in [6, 6.07) is 25.6. The minimum atomic E-state index is -0.0249. The summed E-state index contributed by atoms with van der Waals surface area (Å²) in [6.07, 6.45) is 1.82. The first-order chi connectivity index (χ1) is 13.6. The molecule has 0 unspecified atom stereocenters. The minimum absolute atomic E-state index is 0.0249. The number of pyridine rings is 1. The molecule has 0 radical (unpaired) electrons. The molecule has 0 amide bonds. The molecule has 2 nitrogen and oxygen atoms in total. The van der Waals surface area contributed by atoms with E-state index < -0.39 is 0 Å². The second kappa shape index (κ2) is 5.32. The van der Waals surface area contributed by atoms with Crippen molar-refractivity contribution in [2.24, 2.45) is 0 Å². The topological polar surface area (TPSA) is 26.0 Å². The molecule has 1 aliphatic rings. The molecule has 0 aliphatic heterocycles. The first-order valence-corrected chi connectivity index (χ1v) is 9.65. The van der Waals surface area contributed by atoms with E-state index in [1.807, 2.05) is 24.4 Å². The van der Waals surface area contributed by atoms with E-state index >= 15 is 0 Å². The third-order valence-electron chi connectivity index (χ3n) is 6.14. The predicted octanol–water partition coefficient (Wildman–Crippen LogP) is 6.95. The molecule has 2 heterocycles. The van der Waals surface area contributed by atoms with Crippen molar-refractivity contribution in [3.8, 4) is 22.4 Å². The number of nitrogens with zero attached hydrogens (tertiary/aromatic N) is 1. The Hall–Kier alpha value is -3.39. The van der Waals surface area contributed by atoms with Gasteiger partial charge in [-0.15, -0.1) is 0 Å². The van der Waals surface area contributed by atoms with Gasteiger partial charge in [-0.2, -0.15) is 0 Å². The quantitative estimate of drug-likeness (QED) is 0.323. The van der Waals surface area contributed by atoms with Crippen LogP contribution in [0.2, 0.25) is 0 Å². The highest BCUT2D eigenvalue weighted by molar-refractivity contribution is 6.11. The van der Waals surface area contributed by atoms with Crippen LogP contribution in [0.4, 0.5) is 0 Å². The number of aromatic nitrogens is 1. The van der Waals surface area contributed by atoms with Gasteiger partial charge in [0.15, 0.2) is 0 Å². The molecule has 0 N–H and O–H groups in total. The van der Waals surface area contributed by atoms with Gasteiger partial charge in [-0.05, 0) is 52.6 Å². The summed E-state index contributed by atoms with van der Waals surface area (Å²) in [7, 11) is 0. The number of furan rings is 1. The Morgan fingerprint density at radius 1 is 0.714 bits per heavy atom. The molecule has 0 saturated heterocycles. The van der Waals surface area contributed by atoms with Crippen molar-refractivity contribution in [2.75, 3.05) is 0 Å². The molecular weight excluding hydrogens is 342 g/mol. The van der Waals surface area contributed by atoms with Crippen molar-refractivity contribution >= 4 is 21.9 Å². The molecule has 5 aromatic rings. The maximum Gasteiger partial charge on any atom is 0.144 e. The van der Waals surface area contributed by atoms with Crippen LogP contribution in [0.5, 0.6) is 0 Å². The van der Waals surface area contributed by atoms with Crippen molar-refractivity contribution in [3.05, 3.63) is 90.1 Å². The Morgan fingerprint density at radius 3 is 2.39 bits per heavy atom. The highest BCUT2D eigenvalue weighted by atomic mass is 16.3. The van der Waals surface area contributed by atoms with Crippen LogP contribution in [-0.4, -0.2) is 4.98 Å². The van der Waals surface area contributed by atoms with Gasteiger partial charge in [0, 0.05) is 27.9 Å². The van der Waals surface area contributed by atoms with Gasteiger partial charge in [-0.3, -0.25) is 4.98 Å². The lowest BCUT2D eigenvalue weighted by Crippen LogP contribution is -2.14. The fourth-order valence-electron chi connectivity index (χ4n) is 4.72. The lowest BCUT2D eigenvalue weighted by Gasteiger charge is -2.21. The summed E-state index contributed by atoms with van der Waals surface area (Å²) < 4.78 is 6.42. The highest BCUT2D eigenvalue weighted by Gasteiger charge is 2.36. The lowest BCUT2D eigenvalue weighted by molar-refractivity contribution is 0.647. The van der Waals surface area contributed by atoms with Crippen molar-refractivity contribution in [1.82, 2.24) is 4.98 Å². The molecule has 2 heteroatoms. The number of benzene rings is 3. The highest BCUT2D eigenvalue weighted by Crippen LogP contribution is 2.50. The van der Waals surface area contributed by atoms with E-state index in [4.69, 9.17) is 4.42 Å². The largest absolute Gasteiger partial charge is 0.455 e. The average Bonchev–Trinajstić information content (AvgIpc) is 3.21. The van der Waals surface area contributed by atoms with Crippen LogP contribution in [0.25, 0.3) is 44.3 Å². The van der Waals surface area contributed by atoms with Crippen molar-refractivity contribution in [3.63, 3.8) is 0 Å². The Morgan fingerprint density at radius 2 is 1.54 bits per heavy atom. The molecule has 0 fully saturated rings. The molecule has 2 aromatic heterocycles. The van der Waals surface area contributed by atoms with Crippen LogP contribution < -0.4 is 0 Å². The van der Waals surface area contributed by atoms with E-state index in [1.54, 1.807) is 0 Å². The molecule has 0 spiro atoms. The lowest BCUT2D eigenvalue weighted by atomic mass is 9.82. The summed E-state index contributed by atoms with van der Waals surface area (Å²) in [6.45, 7) is 4.59. The fourth-order valence-corrected chi connectivity index (χ4v) is 4.72. The first-order valence-electron chi connectivity index (χ1n) is 9.65. The van der Waals surface area contributed by atoms with E-state index in [9.17, 15) is 0 Å². The van der Waals surface area contributed by atoms with E-state index in [1.165, 1.54) is 27.6 Å². The maximum atomic E-state index is 6.42. The SMILES string of the molecule is CC1(C)c2ccccc2-c2cc3c(cc21)oc1c(-c2ccccn2)cccc13. The number of fused-ring (bicyclic) bond motifs is 6. The van der Waals surface area contributed by atoms with Crippen LogP contribution >= 0.6 is 0 Å². The molecule has 6 rings (SSSR count). The molecule has 134 valence electrons. The number of para-hydroxylation sites is 1. The summed E-state index contributed by atoms with van der Waals surface area (Å²) in [4.78, 5) is 4.52. The van der Waals surface area contributed by atoms with Crippen LogP contribution in [0.3, 0.4) is 0 Å². The Kier molecular flexibility index (Phi) is 2.98. The van der Waals surface area contributed by atoms with E-state index in [0.717, 1.165) is 27.8 Å². The first kappa shape index (κ1) is 15.6. The van der Waals surface area contributed by atoms with Crippen molar-refractivity contribution in [2.45, 2.75) is 19.3 Å². The van der Waals surface area contributed by atoms with Crippen LogP contribution in [-0.2, 0) is 5.41 Å². The van der Waals surface area contributed by atoms with Crippen LogP contribution in [0.1, 0.15) is 25.0 Å². The summed E-state index contributed by atoms with van der Waals surface area (Å²) in [5, 5.41) is 2.31. The van der Waals surface area contributed by atoms with Crippen LogP contribution in [0, 0.1) is 0 Å². The van der Waals surface area contributed by atoms with E-state index in [2.05, 4.69) is 73.4 Å². The Bertz CT molecular complexity index is 1380. The smallest absolute Gasteiger partial charge is 0.144 e. The molecule has 1 aliphatic carbocycles. The van der Waals surface area contributed by atoms with Crippen molar-refractivity contribution < 1.29 is 4.42 Å². The van der Waals surface area contributed by atoms with Gasteiger partial charge in [0.25, 0.3) is 0 Å². The second-order valence-corrected chi connectivity index (χ2v) is 8.06. The van der Waals surface area contributed by atoms with E-state index in [-0.39, 0.29) is 5.41 Å². The molecule has 0 atom stereocenters. The normalized spacial score (nSPS) is 14.4. The van der Waals surface area contributed by atoms with Gasteiger partial charge < -0.3 is 4.42 Å². The standard InChI is InChI=1S/C26H19NO/c1-26(2)21-11-4-3-8-16(21)19-14-20-17-9-7-10-18(23-12-5-6-13-27-23)25(17)28-24(20)15-22(19)26/h3-15H,1-2H3. The fraction of sp³-hybridized carbons (Fsp3) is 0.115. The van der Waals surface area contributed by atoms with Gasteiger partial charge in [-0.25, -0.2) is 0 Å². The zero-order valence-electron chi connectivity index (χ0n) is 15.9. The zero-order valence-corrected chi connectivity index (χ0v) is 15.9. The Balaban J connectivity index is 1.69. The monoisotopic (exact) mass is 361 g/mol. The van der Waals surface area contributed by atoms with Gasteiger partial charge in [0.05, 0.1) is 5.69 Å². The third-order valence-corrected chi connectivity index (χ3v) is 6.14. The Labute approximate surface area is 163 Å². The second-order valence-electron chi connectivity index (χ2n) is 8.06. The van der Waals surface area contributed by atoms with Gasteiger partial charge in [-0.1, -0.05) is 56.3 Å². The number of hydrogen-bond donors (Lipinski definition) is 0. The van der Waals surface area contributed by atoms with Gasteiger partial charge in [0.2, 0.25) is 0 Å². The zero-order chi connectivity index (χ0) is 18.9. The summed E-state index contributed by atoms with van der Waals surface area (Å²) in [5.74, 6) is 0. The van der Waals surface area contributed by atoms with E-state index in [0.29, 0.717) is 0 Å². The third kappa shape index (κ3) is 1.95.